The molecule has 0 bridgehead atoms. The quantitative estimate of drug-likeness (QED) is 0.470. The van der Waals surface area contributed by atoms with E-state index in [0.717, 1.165) is 51.3 Å². The van der Waals surface area contributed by atoms with Gasteiger partial charge in [-0.25, -0.2) is 0 Å². The Morgan fingerprint density at radius 2 is 1.75 bits per heavy atom. The van der Waals surface area contributed by atoms with E-state index < -0.39 is 5.54 Å². The second kappa shape index (κ2) is 9.24. The molecule has 0 aliphatic carbocycles. The van der Waals surface area contributed by atoms with Crippen molar-refractivity contribution in [3.8, 4) is 22.3 Å². The Morgan fingerprint density at radius 1 is 0.944 bits per heavy atom. The fourth-order valence-electron chi connectivity index (χ4n) is 5.14. The number of aliphatic imine (C=N–C) groups is 1. The van der Waals surface area contributed by atoms with Crippen LogP contribution in [0, 0.1) is 0 Å². The lowest BCUT2D eigenvalue weighted by Crippen LogP contribution is -2.42. The summed E-state index contributed by atoms with van der Waals surface area (Å²) in [5.74, 6) is 0.907. The summed E-state index contributed by atoms with van der Waals surface area (Å²) < 4.78 is 5.53. The average molecular weight is 478 g/mol. The smallest absolute Gasteiger partial charge is 0.258 e. The minimum absolute atomic E-state index is 0.0607. The lowest BCUT2D eigenvalue weighted by Gasteiger charge is -2.21. The Morgan fingerprint density at radius 3 is 2.44 bits per heavy atom. The Kier molecular flexibility index (Phi) is 5.77. The Balaban J connectivity index is 1.31. The van der Waals surface area contributed by atoms with Crippen molar-refractivity contribution in [2.24, 2.45) is 20.4 Å². The van der Waals surface area contributed by atoms with Gasteiger partial charge in [0.1, 0.15) is 12.4 Å². The van der Waals surface area contributed by atoms with Gasteiger partial charge >= 0.3 is 0 Å². The number of carbonyl (C=O) groups excluding carboxylic acids is 1. The molecule has 0 saturated carbocycles. The second-order valence-corrected chi connectivity index (χ2v) is 9.37. The number of carbonyl (C=O) groups is 1. The third-order valence-electron chi connectivity index (χ3n) is 7.11. The predicted octanol–water partition coefficient (Wildman–Crippen LogP) is 5.50. The maximum absolute atomic E-state index is 13.3. The number of benzene rings is 3. The molecule has 7 nitrogen and oxygen atoms in total. The summed E-state index contributed by atoms with van der Waals surface area (Å²) in [6, 6.07) is 25.2. The van der Waals surface area contributed by atoms with Crippen molar-refractivity contribution in [2.45, 2.75) is 31.8 Å². The van der Waals surface area contributed by atoms with Gasteiger partial charge in [-0.15, -0.1) is 5.10 Å². The van der Waals surface area contributed by atoms with Crippen LogP contribution in [-0.4, -0.2) is 47.7 Å². The molecule has 180 valence electrons. The zero-order valence-corrected chi connectivity index (χ0v) is 20.2. The molecule has 3 aromatic rings. The van der Waals surface area contributed by atoms with Crippen LogP contribution in [0.5, 0.6) is 0 Å². The van der Waals surface area contributed by atoms with Crippen LogP contribution in [0.15, 0.2) is 93.2 Å². The Hall–Kier alpha value is -3.97. The Bertz CT molecular complexity index is 1390. The average Bonchev–Trinajstić information content (AvgIpc) is 3.69. The van der Waals surface area contributed by atoms with Crippen molar-refractivity contribution in [1.82, 2.24) is 4.90 Å². The number of nitrogens with zero attached hydrogens (tertiary/aromatic N) is 5. The van der Waals surface area contributed by atoms with E-state index in [1.807, 2.05) is 30.0 Å². The van der Waals surface area contributed by atoms with Gasteiger partial charge in [0.2, 0.25) is 0 Å². The summed E-state index contributed by atoms with van der Waals surface area (Å²) in [7, 11) is 0. The van der Waals surface area contributed by atoms with Crippen molar-refractivity contribution in [3.63, 3.8) is 0 Å². The first kappa shape index (κ1) is 22.5. The van der Waals surface area contributed by atoms with Crippen LogP contribution in [0.3, 0.4) is 0 Å². The molecule has 6 rings (SSSR count). The molecule has 1 atom stereocenters. The highest BCUT2D eigenvalue weighted by atomic mass is 16.5. The maximum atomic E-state index is 13.3. The molecule has 3 aromatic carbocycles. The standard InChI is InChI=1S/C29H27N5O2/c1-2-27-31-29(14-15-36-19-29)28(35)34(27)18-20-8-10-22(11-9-20)25-16-23(21-6-4-3-5-7-21)12-13-24(25)26-17-30-33-32-26/h3-13,16H,2,14-15,17-19H2,1H3. The summed E-state index contributed by atoms with van der Waals surface area (Å²) >= 11 is 0. The van der Waals surface area contributed by atoms with Crippen molar-refractivity contribution in [3.05, 3.63) is 83.9 Å². The van der Waals surface area contributed by atoms with E-state index in [0.29, 0.717) is 32.7 Å². The minimum atomic E-state index is -0.712. The summed E-state index contributed by atoms with van der Waals surface area (Å²) in [6.07, 6.45) is 1.38. The van der Waals surface area contributed by atoms with Crippen LogP contribution >= 0.6 is 0 Å². The molecule has 1 spiro atoms. The van der Waals surface area contributed by atoms with Gasteiger partial charge in [0.15, 0.2) is 5.54 Å². The third kappa shape index (κ3) is 3.95. The topological polar surface area (TPSA) is 79.0 Å². The number of hydrogen-bond acceptors (Lipinski definition) is 6. The number of hydrogen-bond donors (Lipinski definition) is 0. The molecular formula is C29H27N5O2. The largest absolute Gasteiger partial charge is 0.378 e. The van der Waals surface area contributed by atoms with E-state index in [1.54, 1.807) is 0 Å². The predicted molar refractivity (Wildman–Crippen MR) is 140 cm³/mol. The zero-order valence-electron chi connectivity index (χ0n) is 20.2. The molecule has 0 aromatic heterocycles. The van der Waals surface area contributed by atoms with Crippen LogP contribution in [0.4, 0.5) is 0 Å². The lowest BCUT2D eigenvalue weighted by atomic mass is 9.92. The summed E-state index contributed by atoms with van der Waals surface area (Å²) in [6.45, 7) is 4.01. The lowest BCUT2D eigenvalue weighted by molar-refractivity contribution is -0.131. The van der Waals surface area contributed by atoms with Gasteiger partial charge in [-0.3, -0.25) is 14.7 Å². The normalized spacial score (nSPS) is 20.9. The molecule has 7 heteroatoms. The molecule has 0 radical (unpaired) electrons. The molecule has 3 aliphatic heterocycles. The van der Waals surface area contributed by atoms with Crippen LogP contribution in [0.2, 0.25) is 0 Å². The maximum Gasteiger partial charge on any atom is 0.258 e. The van der Waals surface area contributed by atoms with Crippen LogP contribution in [0.1, 0.15) is 30.9 Å². The first-order chi connectivity index (χ1) is 17.7. The molecular weight excluding hydrogens is 450 g/mol. The van der Waals surface area contributed by atoms with Gasteiger partial charge in [-0.1, -0.05) is 73.7 Å². The minimum Gasteiger partial charge on any atom is -0.378 e. The summed E-state index contributed by atoms with van der Waals surface area (Å²) in [5.41, 5.74) is 6.72. The molecule has 1 fully saturated rings. The van der Waals surface area contributed by atoms with E-state index in [9.17, 15) is 4.79 Å². The Labute approximate surface area is 210 Å². The van der Waals surface area contributed by atoms with Crippen LogP contribution in [-0.2, 0) is 16.1 Å². The molecule has 3 aliphatic rings. The SMILES string of the molecule is CCC1=NC2(CCOC2)C(=O)N1Cc1ccc(-c2cc(-c3ccccc3)ccc2C2=NN=NC2)cc1. The van der Waals surface area contributed by atoms with E-state index in [2.05, 4.69) is 70.0 Å². The van der Waals surface area contributed by atoms with Crippen molar-refractivity contribution in [2.75, 3.05) is 19.8 Å². The highest BCUT2D eigenvalue weighted by molar-refractivity contribution is 6.09. The molecule has 0 N–H and O–H groups in total. The van der Waals surface area contributed by atoms with Gasteiger partial charge in [-0.05, 0) is 39.1 Å². The van der Waals surface area contributed by atoms with Gasteiger partial charge in [-0.2, -0.15) is 5.11 Å². The number of amides is 1. The number of rotatable bonds is 6. The number of ether oxygens (including phenoxy) is 1. The highest BCUT2D eigenvalue weighted by Gasteiger charge is 2.50. The first-order valence-electron chi connectivity index (χ1n) is 12.4. The summed E-state index contributed by atoms with van der Waals surface area (Å²) in [4.78, 5) is 19.9. The molecule has 1 amide bonds. The number of amidine groups is 1. The third-order valence-corrected chi connectivity index (χ3v) is 7.11. The monoisotopic (exact) mass is 477 g/mol. The van der Waals surface area contributed by atoms with Gasteiger partial charge in [0.05, 0.1) is 18.9 Å². The molecule has 3 heterocycles. The molecule has 36 heavy (non-hydrogen) atoms. The van der Waals surface area contributed by atoms with Crippen LogP contribution in [0.25, 0.3) is 22.3 Å². The zero-order chi connectivity index (χ0) is 24.5. The highest BCUT2D eigenvalue weighted by Crippen LogP contribution is 2.34. The second-order valence-electron chi connectivity index (χ2n) is 9.37. The fraction of sp³-hybridized carbons (Fsp3) is 0.276. The molecule has 1 saturated heterocycles. The van der Waals surface area contributed by atoms with Gasteiger partial charge < -0.3 is 4.74 Å². The van der Waals surface area contributed by atoms with E-state index in [-0.39, 0.29) is 5.91 Å². The van der Waals surface area contributed by atoms with Crippen LogP contribution < -0.4 is 0 Å². The van der Waals surface area contributed by atoms with E-state index in [1.165, 1.54) is 0 Å². The van der Waals surface area contributed by atoms with Crippen molar-refractivity contribution in [1.29, 1.82) is 0 Å². The fourth-order valence-corrected chi connectivity index (χ4v) is 5.14. The van der Waals surface area contributed by atoms with Gasteiger partial charge in [0.25, 0.3) is 5.91 Å². The molecule has 1 unspecified atom stereocenters. The van der Waals surface area contributed by atoms with Crippen molar-refractivity contribution < 1.29 is 9.53 Å². The van der Waals surface area contributed by atoms with E-state index >= 15 is 0 Å². The summed E-state index contributed by atoms with van der Waals surface area (Å²) in [5, 5.41) is 12.1. The van der Waals surface area contributed by atoms with Crippen molar-refractivity contribution >= 4 is 17.5 Å². The van der Waals surface area contributed by atoms with E-state index in [4.69, 9.17) is 9.73 Å². The first-order valence-corrected chi connectivity index (χ1v) is 12.4. The van der Waals surface area contributed by atoms with Gasteiger partial charge in [0, 0.05) is 25.0 Å².